The molecule has 1 aromatic rings. The van der Waals surface area contributed by atoms with E-state index in [1.165, 1.54) is 0 Å². The average molecular weight is 393 g/mol. The summed E-state index contributed by atoms with van der Waals surface area (Å²) in [6.07, 6.45) is 3.18. The second kappa shape index (κ2) is 6.06. The van der Waals surface area contributed by atoms with Crippen molar-refractivity contribution in [2.75, 3.05) is 13.7 Å². The fourth-order valence-corrected chi connectivity index (χ4v) is 6.63. The summed E-state index contributed by atoms with van der Waals surface area (Å²) in [5, 5.41) is 0. The highest BCUT2D eigenvalue weighted by molar-refractivity contribution is 9.10. The first-order valence-corrected chi connectivity index (χ1v) is 9.49. The Morgan fingerprint density at radius 1 is 1.33 bits per heavy atom. The van der Waals surface area contributed by atoms with Crippen molar-refractivity contribution in [3.05, 3.63) is 34.9 Å². The Balaban J connectivity index is 2.21. The van der Waals surface area contributed by atoms with Gasteiger partial charge in [-0.1, -0.05) is 48.3 Å². The Morgan fingerprint density at radius 3 is 2.67 bits per heavy atom. The molecule has 0 saturated heterocycles. The van der Waals surface area contributed by atoms with E-state index in [0.717, 1.165) is 30.4 Å². The number of hydrogen-bond acceptors (Lipinski definition) is 3. The minimum absolute atomic E-state index is 0.0434. The van der Waals surface area contributed by atoms with Crippen molar-refractivity contribution in [3.8, 4) is 0 Å². The molecule has 0 radical (unpaired) electrons. The van der Waals surface area contributed by atoms with Crippen LogP contribution in [0.5, 0.6) is 0 Å². The van der Waals surface area contributed by atoms with E-state index in [0.29, 0.717) is 12.2 Å². The van der Waals surface area contributed by atoms with Gasteiger partial charge in [0.05, 0.1) is 11.4 Å². The molecule has 1 aromatic carbocycles. The van der Waals surface area contributed by atoms with Gasteiger partial charge in [-0.25, -0.2) is 0 Å². The van der Waals surface area contributed by atoms with Crippen molar-refractivity contribution < 1.29 is 14.3 Å². The predicted octanol–water partition coefficient (Wildman–Crippen LogP) is 4.56. The molecule has 0 spiro atoms. The van der Waals surface area contributed by atoms with Gasteiger partial charge in [-0.3, -0.25) is 9.59 Å². The fraction of sp³-hybridized carbons (Fsp3) is 0.600. The molecule has 0 amide bonds. The lowest BCUT2D eigenvalue weighted by atomic mass is 9.49. The lowest BCUT2D eigenvalue weighted by Gasteiger charge is -2.56. The molecule has 3 nitrogen and oxygen atoms in total. The first-order chi connectivity index (χ1) is 11.2. The summed E-state index contributed by atoms with van der Waals surface area (Å²) < 4.78 is 5.53. The summed E-state index contributed by atoms with van der Waals surface area (Å²) >= 11 is 3.72. The predicted molar refractivity (Wildman–Crippen MR) is 98.2 cm³/mol. The number of methoxy groups -OCH3 is 1. The van der Waals surface area contributed by atoms with Crippen LogP contribution in [0.3, 0.4) is 0 Å². The second-order valence-electron chi connectivity index (χ2n) is 7.92. The summed E-state index contributed by atoms with van der Waals surface area (Å²) in [5.41, 5.74) is 2.31. The van der Waals surface area contributed by atoms with Crippen molar-refractivity contribution in [1.29, 1.82) is 0 Å². The molecular formula is C20H25BrO3. The van der Waals surface area contributed by atoms with Crippen LogP contribution >= 0.6 is 15.9 Å². The average Bonchev–Trinajstić information content (AvgIpc) is 2.52. The number of carbonyl (C=O) groups excluding carboxylic acids is 2. The van der Waals surface area contributed by atoms with E-state index in [1.54, 1.807) is 20.1 Å². The minimum Gasteiger partial charge on any atom is -0.384 e. The molecule has 0 N–H and O–H groups in total. The molecule has 3 rings (SSSR count). The second-order valence-corrected chi connectivity index (χ2v) is 8.90. The molecule has 2 aliphatic rings. The zero-order valence-corrected chi connectivity index (χ0v) is 16.4. The summed E-state index contributed by atoms with van der Waals surface area (Å²) in [7, 11) is 1.73. The molecule has 4 heteroatoms. The van der Waals surface area contributed by atoms with Crippen LogP contribution in [0.1, 0.15) is 66.3 Å². The van der Waals surface area contributed by atoms with E-state index in [4.69, 9.17) is 4.74 Å². The highest BCUT2D eigenvalue weighted by Crippen LogP contribution is 2.58. The number of carbonyl (C=O) groups is 2. The van der Waals surface area contributed by atoms with Crippen LogP contribution in [0.25, 0.3) is 0 Å². The number of hydrogen-bond donors (Lipinski definition) is 0. The van der Waals surface area contributed by atoms with E-state index in [9.17, 15) is 9.59 Å². The van der Waals surface area contributed by atoms with Crippen molar-refractivity contribution in [2.45, 2.75) is 50.3 Å². The highest BCUT2D eigenvalue weighted by atomic mass is 79.9. The number of halogens is 1. The van der Waals surface area contributed by atoms with E-state index in [1.807, 2.05) is 12.1 Å². The number of rotatable bonds is 3. The number of alkyl halides is 1. The molecule has 1 saturated carbocycles. The standard InChI is InChI=1S/C20H25BrO3/c1-12(22)13-6-7-14-15(10-13)20(3)9-5-8-19(2,11-24-4)18(20)16(21)17(14)23/h6-7,10,16,18H,5,8-9,11H2,1-4H3/t16-,18?,19?,20?/m0/s1. The van der Waals surface area contributed by atoms with Gasteiger partial charge in [-0.2, -0.15) is 0 Å². The zero-order valence-electron chi connectivity index (χ0n) is 14.8. The molecule has 4 atom stereocenters. The maximum atomic E-state index is 13.0. The largest absolute Gasteiger partial charge is 0.384 e. The van der Waals surface area contributed by atoms with Gasteiger partial charge >= 0.3 is 0 Å². The molecule has 24 heavy (non-hydrogen) atoms. The molecule has 0 aromatic heterocycles. The van der Waals surface area contributed by atoms with E-state index in [2.05, 4.69) is 29.8 Å². The maximum Gasteiger partial charge on any atom is 0.177 e. The minimum atomic E-state index is -0.210. The van der Waals surface area contributed by atoms with Crippen LogP contribution in [0.2, 0.25) is 0 Å². The first-order valence-electron chi connectivity index (χ1n) is 8.57. The molecule has 2 aliphatic carbocycles. The Bertz CT molecular complexity index is 694. The molecular weight excluding hydrogens is 368 g/mol. The third-order valence-corrected chi connectivity index (χ3v) is 7.15. The van der Waals surface area contributed by atoms with E-state index >= 15 is 0 Å². The molecule has 0 heterocycles. The number of ketones is 2. The summed E-state index contributed by atoms with van der Waals surface area (Å²) in [6.45, 7) is 6.72. The van der Waals surface area contributed by atoms with Crippen LogP contribution in [0.15, 0.2) is 18.2 Å². The molecule has 0 bridgehead atoms. The third-order valence-electron chi connectivity index (χ3n) is 6.21. The quantitative estimate of drug-likeness (QED) is 0.559. The first kappa shape index (κ1) is 17.8. The maximum absolute atomic E-state index is 13.0. The molecule has 1 fully saturated rings. The summed E-state index contributed by atoms with van der Waals surface area (Å²) in [5.74, 6) is 0.328. The van der Waals surface area contributed by atoms with Crippen molar-refractivity contribution >= 4 is 27.5 Å². The van der Waals surface area contributed by atoms with Gasteiger partial charge in [0.25, 0.3) is 0 Å². The number of benzene rings is 1. The van der Waals surface area contributed by atoms with Crippen LogP contribution in [-0.2, 0) is 10.2 Å². The van der Waals surface area contributed by atoms with Gasteiger partial charge in [0.1, 0.15) is 0 Å². The van der Waals surface area contributed by atoms with Crippen LogP contribution in [-0.4, -0.2) is 30.1 Å². The van der Waals surface area contributed by atoms with Gasteiger partial charge in [0.2, 0.25) is 0 Å². The monoisotopic (exact) mass is 392 g/mol. The van der Waals surface area contributed by atoms with Crippen LogP contribution in [0, 0.1) is 11.3 Å². The Kier molecular flexibility index (Phi) is 4.50. The van der Waals surface area contributed by atoms with Gasteiger partial charge in [-0.05, 0) is 48.1 Å². The smallest absolute Gasteiger partial charge is 0.177 e. The van der Waals surface area contributed by atoms with E-state index < -0.39 is 0 Å². The number of fused-ring (bicyclic) bond motifs is 3. The topological polar surface area (TPSA) is 43.4 Å². The Hall–Kier alpha value is -1.000. The van der Waals surface area contributed by atoms with Crippen LogP contribution in [0.4, 0.5) is 0 Å². The van der Waals surface area contributed by atoms with Gasteiger partial charge < -0.3 is 4.74 Å². The number of Topliss-reactive ketones (excluding diaryl/α,β-unsaturated/α-hetero) is 2. The van der Waals surface area contributed by atoms with Crippen molar-refractivity contribution in [1.82, 2.24) is 0 Å². The Labute approximate surface area is 152 Å². The summed E-state index contributed by atoms with van der Waals surface area (Å²) in [6, 6.07) is 5.58. The van der Waals surface area contributed by atoms with Gasteiger partial charge in [0.15, 0.2) is 11.6 Å². The summed E-state index contributed by atoms with van der Waals surface area (Å²) in [4.78, 5) is 24.7. The lowest BCUT2D eigenvalue weighted by molar-refractivity contribution is -0.0250. The Morgan fingerprint density at radius 2 is 2.04 bits per heavy atom. The van der Waals surface area contributed by atoms with Crippen molar-refractivity contribution in [3.63, 3.8) is 0 Å². The third kappa shape index (κ3) is 2.50. The highest BCUT2D eigenvalue weighted by Gasteiger charge is 2.57. The van der Waals surface area contributed by atoms with Crippen molar-refractivity contribution in [2.24, 2.45) is 11.3 Å². The SMILES string of the molecule is COCC1(C)CCCC2(C)c3cc(C(C)=O)ccc3C(=O)[C@H](Br)C12. The molecule has 130 valence electrons. The molecule has 3 unspecified atom stereocenters. The van der Waals surface area contributed by atoms with Gasteiger partial charge in [-0.15, -0.1) is 0 Å². The van der Waals surface area contributed by atoms with Gasteiger partial charge in [0, 0.05) is 18.2 Å². The fourth-order valence-electron chi connectivity index (χ4n) is 5.16. The van der Waals surface area contributed by atoms with E-state index in [-0.39, 0.29) is 33.1 Å². The number of ether oxygens (including phenoxy) is 1. The lowest BCUT2D eigenvalue weighted by Crippen LogP contribution is -2.57. The normalized spacial score (nSPS) is 35.3. The van der Waals surface area contributed by atoms with Crippen LogP contribution < -0.4 is 0 Å². The molecule has 0 aliphatic heterocycles. The zero-order chi connectivity index (χ0) is 17.7.